The van der Waals surface area contributed by atoms with Gasteiger partial charge in [-0.15, -0.1) is 12.4 Å². The third kappa shape index (κ3) is 2.68. The van der Waals surface area contributed by atoms with Crippen LogP contribution in [0.3, 0.4) is 0 Å². The molecule has 0 radical (unpaired) electrons. The van der Waals surface area contributed by atoms with Crippen LogP contribution in [-0.4, -0.2) is 24.2 Å². The molecule has 0 aliphatic carbocycles. The largest absolute Gasteiger partial charge is 0.489 e. The zero-order valence-electron chi connectivity index (χ0n) is 9.43. The standard InChI is InChI=1S/C13H14N2O.ClH/c1-2-10-8-11(3-4-13(10)15-6-1)16-12-5-7-14-9-12;/h1-4,6,8,12,14H,5,7,9H2;1H. The SMILES string of the molecule is Cl.c1cnc2ccc(OC3CCNC3)cc2c1. The van der Waals surface area contributed by atoms with Gasteiger partial charge in [-0.05, 0) is 37.2 Å². The van der Waals surface area contributed by atoms with Crippen LogP contribution >= 0.6 is 12.4 Å². The van der Waals surface area contributed by atoms with Crippen LogP contribution in [0.15, 0.2) is 36.5 Å². The molecule has 0 spiro atoms. The minimum atomic E-state index is 0. The molecule has 3 rings (SSSR count). The minimum Gasteiger partial charge on any atom is -0.489 e. The highest BCUT2D eigenvalue weighted by atomic mass is 35.5. The van der Waals surface area contributed by atoms with Crippen LogP contribution in [0.5, 0.6) is 5.75 Å². The maximum Gasteiger partial charge on any atom is 0.120 e. The second-order valence-corrected chi connectivity index (χ2v) is 4.09. The maximum absolute atomic E-state index is 5.89. The van der Waals surface area contributed by atoms with Gasteiger partial charge < -0.3 is 10.1 Å². The average Bonchev–Trinajstić information content (AvgIpc) is 2.82. The Hall–Kier alpha value is -1.32. The Balaban J connectivity index is 0.00000108. The van der Waals surface area contributed by atoms with E-state index in [1.807, 2.05) is 24.4 Å². The van der Waals surface area contributed by atoms with Gasteiger partial charge in [-0.3, -0.25) is 4.98 Å². The van der Waals surface area contributed by atoms with Gasteiger partial charge in [-0.25, -0.2) is 0 Å². The van der Waals surface area contributed by atoms with Gasteiger partial charge in [0.15, 0.2) is 0 Å². The van der Waals surface area contributed by atoms with Gasteiger partial charge in [0.1, 0.15) is 11.9 Å². The second-order valence-electron chi connectivity index (χ2n) is 4.09. The van der Waals surface area contributed by atoms with Gasteiger partial charge in [-0.2, -0.15) is 0 Å². The molecule has 1 aromatic heterocycles. The fourth-order valence-electron chi connectivity index (χ4n) is 2.05. The van der Waals surface area contributed by atoms with Crippen molar-refractivity contribution in [2.45, 2.75) is 12.5 Å². The molecule has 1 atom stereocenters. The predicted octanol–water partition coefficient (Wildman–Crippen LogP) is 2.40. The molecule has 1 unspecified atom stereocenters. The monoisotopic (exact) mass is 250 g/mol. The Morgan fingerprint density at radius 1 is 1.29 bits per heavy atom. The van der Waals surface area contributed by atoms with E-state index in [0.29, 0.717) is 6.10 Å². The fourth-order valence-corrected chi connectivity index (χ4v) is 2.05. The number of pyridine rings is 1. The number of nitrogens with zero attached hydrogens (tertiary/aromatic N) is 1. The summed E-state index contributed by atoms with van der Waals surface area (Å²) in [6.07, 6.45) is 3.21. The van der Waals surface area contributed by atoms with Gasteiger partial charge in [0.2, 0.25) is 0 Å². The molecular weight excluding hydrogens is 236 g/mol. The van der Waals surface area contributed by atoms with Gasteiger partial charge >= 0.3 is 0 Å². The van der Waals surface area contributed by atoms with Crippen LogP contribution in [0.4, 0.5) is 0 Å². The molecule has 1 aromatic carbocycles. The van der Waals surface area contributed by atoms with E-state index in [2.05, 4.69) is 22.4 Å². The van der Waals surface area contributed by atoms with Gasteiger partial charge in [-0.1, -0.05) is 6.07 Å². The highest BCUT2D eigenvalue weighted by Gasteiger charge is 2.15. The highest BCUT2D eigenvalue weighted by Crippen LogP contribution is 2.21. The summed E-state index contributed by atoms with van der Waals surface area (Å²) in [6.45, 7) is 2.00. The third-order valence-electron chi connectivity index (χ3n) is 2.89. The Morgan fingerprint density at radius 2 is 2.24 bits per heavy atom. The zero-order valence-corrected chi connectivity index (χ0v) is 10.2. The van der Waals surface area contributed by atoms with Gasteiger partial charge in [0.05, 0.1) is 5.52 Å². The normalized spacial score (nSPS) is 18.9. The summed E-state index contributed by atoms with van der Waals surface area (Å²) in [5.41, 5.74) is 1.01. The average molecular weight is 251 g/mol. The van der Waals surface area contributed by atoms with Crippen molar-refractivity contribution in [1.29, 1.82) is 0 Å². The first kappa shape index (κ1) is 12.1. The number of benzene rings is 1. The topological polar surface area (TPSA) is 34.1 Å². The smallest absolute Gasteiger partial charge is 0.120 e. The lowest BCUT2D eigenvalue weighted by Gasteiger charge is -2.12. The van der Waals surface area contributed by atoms with E-state index >= 15 is 0 Å². The van der Waals surface area contributed by atoms with Crippen molar-refractivity contribution in [2.75, 3.05) is 13.1 Å². The molecule has 4 heteroatoms. The molecule has 0 amide bonds. The van der Waals surface area contributed by atoms with Crippen molar-refractivity contribution in [3.8, 4) is 5.75 Å². The predicted molar refractivity (Wildman–Crippen MR) is 70.9 cm³/mol. The first-order chi connectivity index (χ1) is 7.92. The Kier molecular flexibility index (Phi) is 3.82. The molecule has 1 N–H and O–H groups in total. The third-order valence-corrected chi connectivity index (χ3v) is 2.89. The van der Waals surface area contributed by atoms with Crippen molar-refractivity contribution in [3.63, 3.8) is 0 Å². The van der Waals surface area contributed by atoms with Crippen LogP contribution < -0.4 is 10.1 Å². The van der Waals surface area contributed by atoms with E-state index < -0.39 is 0 Å². The van der Waals surface area contributed by atoms with Crippen molar-refractivity contribution in [2.24, 2.45) is 0 Å². The summed E-state index contributed by atoms with van der Waals surface area (Å²) in [5, 5.41) is 4.42. The summed E-state index contributed by atoms with van der Waals surface area (Å²) in [7, 11) is 0. The number of aromatic nitrogens is 1. The molecule has 17 heavy (non-hydrogen) atoms. The minimum absolute atomic E-state index is 0. The lowest BCUT2D eigenvalue weighted by atomic mass is 10.2. The quantitative estimate of drug-likeness (QED) is 0.889. The van der Waals surface area contributed by atoms with E-state index in [1.165, 1.54) is 0 Å². The molecule has 2 aromatic rings. The Bertz CT molecular complexity index is 497. The zero-order chi connectivity index (χ0) is 10.8. The first-order valence-electron chi connectivity index (χ1n) is 5.64. The molecule has 1 aliphatic rings. The Labute approximate surface area is 107 Å². The van der Waals surface area contributed by atoms with Crippen LogP contribution in [0, 0.1) is 0 Å². The summed E-state index contributed by atoms with van der Waals surface area (Å²) >= 11 is 0. The van der Waals surface area contributed by atoms with Crippen molar-refractivity contribution in [1.82, 2.24) is 10.3 Å². The molecule has 0 bridgehead atoms. The fraction of sp³-hybridized carbons (Fsp3) is 0.308. The summed E-state index contributed by atoms with van der Waals surface area (Å²) in [6, 6.07) is 10.1. The number of halogens is 1. The van der Waals surface area contributed by atoms with Crippen LogP contribution in [0.25, 0.3) is 10.9 Å². The highest BCUT2D eigenvalue weighted by molar-refractivity contribution is 5.85. The van der Waals surface area contributed by atoms with E-state index in [-0.39, 0.29) is 12.4 Å². The molecule has 2 heterocycles. The maximum atomic E-state index is 5.89. The lowest BCUT2D eigenvalue weighted by molar-refractivity contribution is 0.223. The van der Waals surface area contributed by atoms with Gasteiger partial charge in [0, 0.05) is 18.1 Å². The molecule has 3 nitrogen and oxygen atoms in total. The summed E-state index contributed by atoms with van der Waals surface area (Å²) < 4.78 is 5.89. The van der Waals surface area contributed by atoms with Crippen LogP contribution in [-0.2, 0) is 0 Å². The van der Waals surface area contributed by atoms with Crippen molar-refractivity contribution in [3.05, 3.63) is 36.5 Å². The Morgan fingerprint density at radius 3 is 3.06 bits per heavy atom. The number of ether oxygens (including phenoxy) is 1. The van der Waals surface area contributed by atoms with E-state index in [9.17, 15) is 0 Å². The lowest BCUT2D eigenvalue weighted by Crippen LogP contribution is -2.19. The number of nitrogens with one attached hydrogen (secondary N) is 1. The van der Waals surface area contributed by atoms with E-state index in [1.54, 1.807) is 0 Å². The summed E-state index contributed by atoms with van der Waals surface area (Å²) in [4.78, 5) is 4.29. The van der Waals surface area contributed by atoms with E-state index in [0.717, 1.165) is 36.2 Å². The molecule has 1 fully saturated rings. The molecule has 1 aliphatic heterocycles. The van der Waals surface area contributed by atoms with Crippen molar-refractivity contribution < 1.29 is 4.74 Å². The van der Waals surface area contributed by atoms with Crippen LogP contribution in [0.2, 0.25) is 0 Å². The van der Waals surface area contributed by atoms with E-state index in [4.69, 9.17) is 4.74 Å². The molecule has 1 saturated heterocycles. The molecule has 0 saturated carbocycles. The number of hydrogen-bond acceptors (Lipinski definition) is 3. The van der Waals surface area contributed by atoms with Crippen molar-refractivity contribution >= 4 is 23.3 Å². The molecule has 90 valence electrons. The number of hydrogen-bond donors (Lipinski definition) is 1. The first-order valence-corrected chi connectivity index (χ1v) is 5.64. The van der Waals surface area contributed by atoms with Gasteiger partial charge in [0.25, 0.3) is 0 Å². The number of rotatable bonds is 2. The van der Waals surface area contributed by atoms with Crippen LogP contribution in [0.1, 0.15) is 6.42 Å². The second kappa shape index (κ2) is 5.34. The molecular formula is C13H15ClN2O. The number of fused-ring (bicyclic) bond motifs is 1. The summed E-state index contributed by atoms with van der Waals surface area (Å²) in [5.74, 6) is 0.939.